The van der Waals surface area contributed by atoms with Crippen LogP contribution in [0.1, 0.15) is 21.8 Å². The predicted molar refractivity (Wildman–Crippen MR) is 63.2 cm³/mol. The highest BCUT2D eigenvalue weighted by atomic mass is 79.9. The molecule has 0 saturated carbocycles. The van der Waals surface area contributed by atoms with Crippen molar-refractivity contribution in [1.82, 2.24) is 0 Å². The predicted octanol–water partition coefficient (Wildman–Crippen LogP) is 3.43. The molecule has 0 aromatic heterocycles. The molecule has 0 spiro atoms. The topological polar surface area (TPSA) is 17.1 Å². The molecule has 2 aliphatic carbocycles. The second-order valence-corrected chi connectivity index (χ2v) is 4.81. The Kier molecular flexibility index (Phi) is 1.93. The fraction of sp³-hybridized carbons (Fsp3) is 0.154. The van der Waals surface area contributed by atoms with Gasteiger partial charge in [0.1, 0.15) is 0 Å². The largest absolute Gasteiger partial charge is 0.293 e. The second kappa shape index (κ2) is 3.17. The SMILES string of the molecule is O=C1c2ccccc2C2C=CC=C(Br)C12. The summed E-state index contributed by atoms with van der Waals surface area (Å²) in [7, 11) is 0. The van der Waals surface area contributed by atoms with Gasteiger partial charge in [0.05, 0.1) is 5.92 Å². The molecule has 0 amide bonds. The van der Waals surface area contributed by atoms with Crippen molar-refractivity contribution >= 4 is 21.7 Å². The molecule has 2 aliphatic rings. The van der Waals surface area contributed by atoms with Crippen molar-refractivity contribution < 1.29 is 4.79 Å². The summed E-state index contributed by atoms with van der Waals surface area (Å²) in [5.41, 5.74) is 2.04. The Morgan fingerprint density at radius 3 is 2.87 bits per heavy atom. The van der Waals surface area contributed by atoms with Gasteiger partial charge >= 0.3 is 0 Å². The van der Waals surface area contributed by atoms with E-state index in [-0.39, 0.29) is 17.6 Å². The third kappa shape index (κ3) is 1.18. The fourth-order valence-electron chi connectivity index (χ4n) is 2.40. The van der Waals surface area contributed by atoms with Crippen LogP contribution in [-0.2, 0) is 0 Å². The van der Waals surface area contributed by atoms with Gasteiger partial charge in [0.2, 0.25) is 0 Å². The first-order chi connectivity index (χ1) is 7.29. The maximum atomic E-state index is 12.1. The smallest absolute Gasteiger partial charge is 0.172 e. The molecule has 0 fully saturated rings. The Balaban J connectivity index is 2.21. The standard InChI is InChI=1S/C13H9BrO/c14-11-7-3-6-9-8-4-1-2-5-10(8)13(15)12(9)11/h1-7,9,12H. The summed E-state index contributed by atoms with van der Waals surface area (Å²) in [5, 5.41) is 0. The van der Waals surface area contributed by atoms with Crippen LogP contribution < -0.4 is 0 Å². The van der Waals surface area contributed by atoms with E-state index in [4.69, 9.17) is 0 Å². The zero-order valence-electron chi connectivity index (χ0n) is 7.98. The van der Waals surface area contributed by atoms with Gasteiger partial charge < -0.3 is 0 Å². The fourth-order valence-corrected chi connectivity index (χ4v) is 3.05. The number of hydrogen-bond acceptors (Lipinski definition) is 1. The summed E-state index contributed by atoms with van der Waals surface area (Å²) in [4.78, 5) is 12.1. The molecule has 0 aliphatic heterocycles. The first-order valence-corrected chi connectivity index (χ1v) is 5.75. The van der Waals surface area contributed by atoms with E-state index < -0.39 is 0 Å². The van der Waals surface area contributed by atoms with E-state index in [1.807, 2.05) is 36.4 Å². The van der Waals surface area contributed by atoms with Crippen LogP contribution in [-0.4, -0.2) is 5.78 Å². The number of ketones is 1. The number of halogens is 1. The van der Waals surface area contributed by atoms with E-state index in [1.54, 1.807) is 0 Å². The minimum Gasteiger partial charge on any atom is -0.293 e. The van der Waals surface area contributed by atoms with Gasteiger partial charge in [0.15, 0.2) is 5.78 Å². The molecule has 0 saturated heterocycles. The van der Waals surface area contributed by atoms with Crippen LogP contribution in [0.2, 0.25) is 0 Å². The van der Waals surface area contributed by atoms with Crippen LogP contribution in [0.4, 0.5) is 0 Å². The molecule has 2 unspecified atom stereocenters. The van der Waals surface area contributed by atoms with Crippen molar-refractivity contribution in [2.75, 3.05) is 0 Å². The Hall–Kier alpha value is -1.15. The maximum Gasteiger partial charge on any atom is 0.172 e. The van der Waals surface area contributed by atoms with E-state index in [0.29, 0.717) is 0 Å². The minimum atomic E-state index is -0.0209. The molecule has 2 atom stereocenters. The lowest BCUT2D eigenvalue weighted by Crippen LogP contribution is -2.14. The van der Waals surface area contributed by atoms with Gasteiger partial charge in [-0.25, -0.2) is 0 Å². The van der Waals surface area contributed by atoms with Crippen LogP contribution >= 0.6 is 15.9 Å². The lowest BCUT2D eigenvalue weighted by molar-refractivity contribution is 0.0953. The molecule has 1 aromatic rings. The normalized spacial score (nSPS) is 27.3. The van der Waals surface area contributed by atoms with Crippen molar-refractivity contribution in [1.29, 1.82) is 0 Å². The van der Waals surface area contributed by atoms with Gasteiger partial charge in [-0.2, -0.15) is 0 Å². The number of Topliss-reactive ketones (excluding diaryl/α,β-unsaturated/α-hetero) is 1. The third-order valence-electron chi connectivity index (χ3n) is 3.10. The summed E-state index contributed by atoms with van der Waals surface area (Å²) in [6, 6.07) is 7.89. The highest BCUT2D eigenvalue weighted by molar-refractivity contribution is 9.11. The van der Waals surface area contributed by atoms with Gasteiger partial charge in [-0.15, -0.1) is 0 Å². The molecular formula is C13H9BrO. The molecule has 0 radical (unpaired) electrons. The van der Waals surface area contributed by atoms with Crippen LogP contribution in [0, 0.1) is 5.92 Å². The lowest BCUT2D eigenvalue weighted by Gasteiger charge is -2.18. The Morgan fingerprint density at radius 2 is 2.00 bits per heavy atom. The first-order valence-electron chi connectivity index (χ1n) is 4.96. The number of fused-ring (bicyclic) bond motifs is 3. The van der Waals surface area contributed by atoms with Crippen LogP contribution in [0.25, 0.3) is 0 Å². The van der Waals surface area contributed by atoms with Gasteiger partial charge in [-0.3, -0.25) is 4.79 Å². The van der Waals surface area contributed by atoms with Crippen molar-refractivity contribution in [3.8, 4) is 0 Å². The molecule has 0 heterocycles. The van der Waals surface area contributed by atoms with Crippen molar-refractivity contribution in [3.05, 3.63) is 58.1 Å². The number of carbonyl (C=O) groups excluding carboxylic acids is 1. The Labute approximate surface area is 96.6 Å². The molecule has 74 valence electrons. The monoisotopic (exact) mass is 260 g/mol. The minimum absolute atomic E-state index is 0.0209. The van der Waals surface area contributed by atoms with E-state index in [0.717, 1.165) is 15.6 Å². The number of rotatable bonds is 0. The zero-order chi connectivity index (χ0) is 10.4. The molecule has 1 aromatic carbocycles. The van der Waals surface area contributed by atoms with E-state index in [1.165, 1.54) is 0 Å². The Morgan fingerprint density at radius 1 is 1.20 bits per heavy atom. The highest BCUT2D eigenvalue weighted by Crippen LogP contribution is 2.45. The molecule has 3 rings (SSSR count). The molecular weight excluding hydrogens is 252 g/mol. The summed E-state index contributed by atoms with van der Waals surface area (Å²) >= 11 is 3.48. The number of benzene rings is 1. The summed E-state index contributed by atoms with van der Waals surface area (Å²) < 4.78 is 0.996. The molecule has 0 bridgehead atoms. The first kappa shape index (κ1) is 9.10. The van der Waals surface area contributed by atoms with Crippen molar-refractivity contribution in [2.45, 2.75) is 5.92 Å². The lowest BCUT2D eigenvalue weighted by atomic mass is 9.88. The zero-order valence-corrected chi connectivity index (χ0v) is 9.57. The molecule has 2 heteroatoms. The molecule has 1 nitrogen and oxygen atoms in total. The summed E-state index contributed by atoms with van der Waals surface area (Å²) in [5.74, 6) is 0.448. The summed E-state index contributed by atoms with van der Waals surface area (Å²) in [6.07, 6.45) is 6.09. The average Bonchev–Trinajstić information content (AvgIpc) is 2.55. The molecule has 0 N–H and O–H groups in total. The average molecular weight is 261 g/mol. The maximum absolute atomic E-state index is 12.1. The quantitative estimate of drug-likeness (QED) is 0.699. The van der Waals surface area contributed by atoms with Crippen molar-refractivity contribution in [2.24, 2.45) is 5.92 Å². The van der Waals surface area contributed by atoms with Crippen LogP contribution in [0.15, 0.2) is 47.0 Å². The molecule has 15 heavy (non-hydrogen) atoms. The second-order valence-electron chi connectivity index (χ2n) is 3.89. The summed E-state index contributed by atoms with van der Waals surface area (Å²) in [6.45, 7) is 0. The van der Waals surface area contributed by atoms with Crippen molar-refractivity contribution in [3.63, 3.8) is 0 Å². The van der Waals surface area contributed by atoms with Gasteiger partial charge in [0.25, 0.3) is 0 Å². The number of hydrogen-bond donors (Lipinski definition) is 0. The van der Waals surface area contributed by atoms with E-state index >= 15 is 0 Å². The van der Waals surface area contributed by atoms with Crippen LogP contribution in [0.3, 0.4) is 0 Å². The van der Waals surface area contributed by atoms with E-state index in [2.05, 4.69) is 22.0 Å². The van der Waals surface area contributed by atoms with Gasteiger partial charge in [-0.05, 0) is 5.56 Å². The Bertz CT molecular complexity index is 499. The van der Waals surface area contributed by atoms with E-state index in [9.17, 15) is 4.79 Å². The van der Waals surface area contributed by atoms with Gasteiger partial charge in [0, 0.05) is 16.0 Å². The van der Waals surface area contributed by atoms with Gasteiger partial charge in [-0.1, -0.05) is 58.4 Å². The third-order valence-corrected chi connectivity index (χ3v) is 3.86. The number of allylic oxidation sites excluding steroid dienone is 4. The number of carbonyl (C=O) groups is 1. The van der Waals surface area contributed by atoms with Crippen LogP contribution in [0.5, 0.6) is 0 Å². The highest BCUT2D eigenvalue weighted by Gasteiger charge is 2.40.